The number of benzene rings is 1. The smallest absolute Gasteiger partial charge is 0.332 e. The monoisotopic (exact) mass is 356 g/mol. The Hall–Kier alpha value is -2.24. The lowest BCUT2D eigenvalue weighted by Gasteiger charge is -2.39. The fourth-order valence-electron chi connectivity index (χ4n) is 5.27. The number of nitrogens with zero attached hydrogens (tertiary/aromatic N) is 2. The summed E-state index contributed by atoms with van der Waals surface area (Å²) < 4.78 is 5.89. The summed E-state index contributed by atoms with van der Waals surface area (Å²) in [5, 5.41) is 11.2. The first kappa shape index (κ1) is 17.2. The molecule has 2 aliphatic carbocycles. The fraction of sp³-hybridized carbons (Fsp3) is 0.600. The normalized spacial score (nSPS) is 35.4. The van der Waals surface area contributed by atoms with E-state index < -0.39 is 17.9 Å². The van der Waals surface area contributed by atoms with E-state index in [1.165, 1.54) is 0 Å². The van der Waals surface area contributed by atoms with Gasteiger partial charge in [-0.3, -0.25) is 15.1 Å². The Bertz CT molecular complexity index is 788. The summed E-state index contributed by atoms with van der Waals surface area (Å²) >= 11 is 0. The van der Waals surface area contributed by atoms with E-state index in [0.717, 1.165) is 24.1 Å². The zero-order valence-electron chi connectivity index (χ0n) is 15.3. The maximum absolute atomic E-state index is 12.8. The first-order valence-electron chi connectivity index (χ1n) is 9.20. The second kappa shape index (κ2) is 5.63. The number of hydrogen-bond donors (Lipinski definition) is 0. The molecule has 1 heterocycles. The highest BCUT2D eigenvalue weighted by Crippen LogP contribution is 2.65. The molecule has 138 valence electrons. The molecular weight excluding hydrogens is 332 g/mol. The minimum Gasteiger partial charge on any atom is -0.454 e. The molecule has 0 unspecified atom stereocenters. The zero-order valence-corrected chi connectivity index (χ0v) is 15.3. The van der Waals surface area contributed by atoms with Gasteiger partial charge in [0.15, 0.2) is 6.04 Å². The first-order valence-corrected chi connectivity index (χ1v) is 9.20. The van der Waals surface area contributed by atoms with Crippen LogP contribution in [0.2, 0.25) is 0 Å². The van der Waals surface area contributed by atoms with Crippen molar-refractivity contribution < 1.29 is 14.5 Å². The molecule has 0 saturated heterocycles. The fourth-order valence-corrected chi connectivity index (χ4v) is 5.27. The summed E-state index contributed by atoms with van der Waals surface area (Å²) in [6.07, 6.45) is 1.77. The Morgan fingerprint density at radius 2 is 2.00 bits per heavy atom. The third kappa shape index (κ3) is 2.24. The number of fused-ring (bicyclic) bond motifs is 5. The largest absolute Gasteiger partial charge is 0.454 e. The van der Waals surface area contributed by atoms with Gasteiger partial charge in [0.25, 0.3) is 0 Å². The van der Waals surface area contributed by atoms with Crippen LogP contribution in [0, 0.1) is 26.9 Å². The van der Waals surface area contributed by atoms with E-state index in [2.05, 4.69) is 20.8 Å². The number of hydrogen-bond acceptors (Lipinski definition) is 5. The number of rotatable bonds is 4. The predicted molar refractivity (Wildman–Crippen MR) is 96.8 cm³/mol. The van der Waals surface area contributed by atoms with Crippen molar-refractivity contribution in [2.24, 2.45) is 21.7 Å². The molecule has 4 rings (SSSR count). The van der Waals surface area contributed by atoms with Crippen molar-refractivity contribution in [2.75, 3.05) is 6.54 Å². The average Bonchev–Trinajstić information content (AvgIpc) is 2.92. The molecular formula is C20H24N2O4. The van der Waals surface area contributed by atoms with Crippen LogP contribution in [-0.4, -0.2) is 35.3 Å². The molecule has 5 atom stereocenters. The second-order valence-corrected chi connectivity index (χ2v) is 8.58. The van der Waals surface area contributed by atoms with E-state index in [9.17, 15) is 14.9 Å². The van der Waals surface area contributed by atoms with Crippen molar-refractivity contribution in [1.82, 2.24) is 0 Å². The maximum Gasteiger partial charge on any atom is 0.332 e. The summed E-state index contributed by atoms with van der Waals surface area (Å²) in [6, 6.07) is 8.31. The Kier molecular flexibility index (Phi) is 3.72. The Labute approximate surface area is 152 Å². The molecule has 26 heavy (non-hydrogen) atoms. The van der Waals surface area contributed by atoms with Gasteiger partial charge >= 0.3 is 5.97 Å². The molecule has 6 heteroatoms. The van der Waals surface area contributed by atoms with E-state index in [0.29, 0.717) is 0 Å². The third-order valence-electron chi connectivity index (χ3n) is 7.22. The van der Waals surface area contributed by atoms with E-state index >= 15 is 0 Å². The highest BCUT2D eigenvalue weighted by molar-refractivity contribution is 6.01. The van der Waals surface area contributed by atoms with Gasteiger partial charge in [0.2, 0.25) is 6.54 Å². The van der Waals surface area contributed by atoms with Crippen molar-refractivity contribution in [3.05, 3.63) is 46.0 Å². The standard InChI is InChI=1S/C20H24N2O4/c1-19(2)14-9-10-20(19,3)17-16(14)21-15(18(23)26-17)13(11-22(24)25)12-7-5-4-6-8-12/h4-8,13-15,17H,9-11H2,1-3H3/t13-,14+,15+,17+,20-/m0/s1. The molecule has 1 aromatic carbocycles. The van der Waals surface area contributed by atoms with Gasteiger partial charge < -0.3 is 4.74 Å². The lowest BCUT2D eigenvalue weighted by atomic mass is 9.70. The summed E-state index contributed by atoms with van der Waals surface area (Å²) in [6.45, 7) is 6.29. The van der Waals surface area contributed by atoms with Crippen molar-refractivity contribution >= 4 is 11.7 Å². The van der Waals surface area contributed by atoms with Gasteiger partial charge in [0, 0.05) is 16.3 Å². The van der Waals surface area contributed by atoms with Crippen molar-refractivity contribution in [3.63, 3.8) is 0 Å². The highest BCUT2D eigenvalue weighted by atomic mass is 16.6. The third-order valence-corrected chi connectivity index (χ3v) is 7.22. The quantitative estimate of drug-likeness (QED) is 0.471. The van der Waals surface area contributed by atoms with Gasteiger partial charge in [0.1, 0.15) is 6.10 Å². The molecule has 0 aromatic heterocycles. The molecule has 2 saturated carbocycles. The molecule has 0 spiro atoms. The molecule has 2 fully saturated rings. The summed E-state index contributed by atoms with van der Waals surface area (Å²) in [7, 11) is 0. The number of carbonyl (C=O) groups is 1. The van der Waals surface area contributed by atoms with Crippen LogP contribution in [0.3, 0.4) is 0 Å². The van der Waals surface area contributed by atoms with Crippen LogP contribution in [0.1, 0.15) is 45.1 Å². The van der Waals surface area contributed by atoms with Crippen LogP contribution in [-0.2, 0) is 9.53 Å². The average molecular weight is 356 g/mol. The Balaban J connectivity index is 1.75. The molecule has 1 aliphatic heterocycles. The van der Waals surface area contributed by atoms with E-state index in [1.54, 1.807) is 0 Å². The molecule has 2 bridgehead atoms. The van der Waals surface area contributed by atoms with Crippen LogP contribution in [0.15, 0.2) is 35.3 Å². The highest BCUT2D eigenvalue weighted by Gasteiger charge is 2.68. The minimum atomic E-state index is -0.840. The van der Waals surface area contributed by atoms with Crippen LogP contribution in [0.25, 0.3) is 0 Å². The lowest BCUT2D eigenvalue weighted by molar-refractivity contribution is -0.483. The lowest BCUT2D eigenvalue weighted by Crippen LogP contribution is -2.48. The zero-order chi connectivity index (χ0) is 18.7. The summed E-state index contributed by atoms with van der Waals surface area (Å²) in [4.78, 5) is 28.5. The van der Waals surface area contributed by atoms with Crippen LogP contribution >= 0.6 is 0 Å². The molecule has 0 amide bonds. The number of nitro groups is 1. The number of esters is 1. The Morgan fingerprint density at radius 3 is 2.65 bits per heavy atom. The van der Waals surface area contributed by atoms with Gasteiger partial charge in [0.05, 0.1) is 11.6 Å². The van der Waals surface area contributed by atoms with Crippen molar-refractivity contribution in [1.29, 1.82) is 0 Å². The van der Waals surface area contributed by atoms with Gasteiger partial charge in [-0.15, -0.1) is 0 Å². The SMILES string of the molecule is CC1(C)[C@@H]2CC[C@@]1(C)[C@@H]1OC(=O)[C@@H]([C@@H](C[N+](=O)[O-])c3ccccc3)N=C21. The van der Waals surface area contributed by atoms with Crippen molar-refractivity contribution in [2.45, 2.75) is 51.7 Å². The maximum atomic E-state index is 12.8. The van der Waals surface area contributed by atoms with Gasteiger partial charge in [-0.2, -0.15) is 0 Å². The van der Waals surface area contributed by atoms with E-state index in [-0.39, 0.29) is 34.3 Å². The molecule has 6 nitrogen and oxygen atoms in total. The van der Waals surface area contributed by atoms with E-state index in [4.69, 9.17) is 9.73 Å². The van der Waals surface area contributed by atoms with Gasteiger partial charge in [-0.1, -0.05) is 51.1 Å². The second-order valence-electron chi connectivity index (χ2n) is 8.58. The Morgan fingerprint density at radius 1 is 1.31 bits per heavy atom. The molecule has 0 N–H and O–H groups in total. The van der Waals surface area contributed by atoms with Crippen LogP contribution < -0.4 is 0 Å². The number of aliphatic imine (C=N–C) groups is 1. The predicted octanol–water partition coefficient (Wildman–Crippen LogP) is 3.24. The number of ether oxygens (including phenoxy) is 1. The summed E-state index contributed by atoms with van der Waals surface area (Å²) in [5.41, 5.74) is 1.60. The first-order chi connectivity index (χ1) is 12.3. The van der Waals surface area contributed by atoms with E-state index in [1.807, 2.05) is 30.3 Å². The van der Waals surface area contributed by atoms with Crippen molar-refractivity contribution in [3.8, 4) is 0 Å². The van der Waals surface area contributed by atoms with Crippen LogP contribution in [0.4, 0.5) is 0 Å². The van der Waals surface area contributed by atoms with Gasteiger partial charge in [-0.05, 0) is 23.8 Å². The van der Waals surface area contributed by atoms with Gasteiger partial charge in [-0.25, -0.2) is 4.79 Å². The topological polar surface area (TPSA) is 81.8 Å². The number of carbonyl (C=O) groups excluding carboxylic acids is 1. The van der Waals surface area contributed by atoms with Crippen LogP contribution in [0.5, 0.6) is 0 Å². The molecule has 1 aromatic rings. The summed E-state index contributed by atoms with van der Waals surface area (Å²) in [5.74, 6) is -0.763. The molecule has 3 aliphatic rings. The minimum absolute atomic E-state index is 0.0109. The molecule has 0 radical (unpaired) electrons.